The third kappa shape index (κ3) is 4.72. The molecule has 5 rings (SSSR count). The van der Waals surface area contributed by atoms with Crippen LogP contribution >= 0.6 is 0 Å². The summed E-state index contributed by atoms with van der Waals surface area (Å²) >= 11 is 0. The summed E-state index contributed by atoms with van der Waals surface area (Å²) < 4.78 is 5.59. The standard InChI is InChI=1S/C29H30N2O5/c1-18-25(30-28(34)35-19(2)20-6-4-3-5-7-20)26(36-31-18)23-10-8-21(9-11-23)22-12-14-24(15-13-22)29(16-17-29)27(32)33/h3-15,18-19,25-26,31H,16-17H2,1-2H3,(H,30,34)(H,32,33)/t18?,19-,25?,26?/m1/s1. The topological polar surface area (TPSA) is 96.9 Å². The van der Waals surface area contributed by atoms with Crippen molar-refractivity contribution < 1.29 is 24.3 Å². The van der Waals surface area contributed by atoms with E-state index < -0.39 is 17.5 Å². The molecule has 3 unspecified atom stereocenters. The molecular formula is C29H30N2O5. The minimum absolute atomic E-state index is 0.106. The zero-order valence-corrected chi connectivity index (χ0v) is 20.3. The van der Waals surface area contributed by atoms with Gasteiger partial charge in [-0.2, -0.15) is 5.48 Å². The molecule has 0 bridgehead atoms. The van der Waals surface area contributed by atoms with Gasteiger partial charge < -0.3 is 15.2 Å². The number of hydrogen-bond acceptors (Lipinski definition) is 5. The highest BCUT2D eigenvalue weighted by atomic mass is 16.7. The molecule has 0 aromatic heterocycles. The number of benzene rings is 3. The van der Waals surface area contributed by atoms with E-state index in [1.54, 1.807) is 0 Å². The van der Waals surface area contributed by atoms with Crippen molar-refractivity contribution in [2.75, 3.05) is 0 Å². The highest BCUT2D eigenvalue weighted by Crippen LogP contribution is 2.48. The fraction of sp³-hybridized carbons (Fsp3) is 0.310. The highest BCUT2D eigenvalue weighted by molar-refractivity contribution is 5.85. The second kappa shape index (κ2) is 9.76. The smallest absolute Gasteiger partial charge is 0.408 e. The van der Waals surface area contributed by atoms with Gasteiger partial charge in [0.25, 0.3) is 0 Å². The van der Waals surface area contributed by atoms with Crippen LogP contribution in [0.25, 0.3) is 11.1 Å². The molecule has 186 valence electrons. The lowest BCUT2D eigenvalue weighted by Gasteiger charge is -2.23. The summed E-state index contributed by atoms with van der Waals surface area (Å²) in [6.45, 7) is 3.79. The first-order chi connectivity index (χ1) is 17.4. The van der Waals surface area contributed by atoms with Gasteiger partial charge in [0.1, 0.15) is 12.2 Å². The Hall–Kier alpha value is -3.68. The SMILES string of the molecule is CC1NOC(c2ccc(-c3ccc(C4(C(=O)O)CC4)cc3)cc2)C1NC(=O)O[C@H](C)c1ccccc1. The van der Waals surface area contributed by atoms with Crippen LogP contribution in [-0.2, 0) is 19.8 Å². The van der Waals surface area contributed by atoms with Gasteiger partial charge in [0.05, 0.1) is 17.5 Å². The van der Waals surface area contributed by atoms with Crippen molar-refractivity contribution in [2.45, 2.75) is 56.4 Å². The largest absolute Gasteiger partial charge is 0.481 e. The lowest BCUT2D eigenvalue weighted by Crippen LogP contribution is -2.44. The van der Waals surface area contributed by atoms with E-state index in [-0.39, 0.29) is 24.3 Å². The van der Waals surface area contributed by atoms with Crippen molar-refractivity contribution in [3.63, 3.8) is 0 Å². The van der Waals surface area contributed by atoms with Crippen molar-refractivity contribution >= 4 is 12.1 Å². The number of carbonyl (C=O) groups excluding carboxylic acids is 1. The summed E-state index contributed by atoms with van der Waals surface area (Å²) in [7, 11) is 0. The Bertz CT molecular complexity index is 1220. The van der Waals surface area contributed by atoms with E-state index in [0.29, 0.717) is 12.8 Å². The first kappa shape index (κ1) is 24.0. The molecule has 36 heavy (non-hydrogen) atoms. The van der Waals surface area contributed by atoms with Crippen LogP contribution in [0.4, 0.5) is 4.79 Å². The molecule has 0 radical (unpaired) electrons. The van der Waals surface area contributed by atoms with Crippen LogP contribution in [0.5, 0.6) is 0 Å². The van der Waals surface area contributed by atoms with E-state index in [2.05, 4.69) is 10.8 Å². The van der Waals surface area contributed by atoms with Crippen LogP contribution in [0.15, 0.2) is 78.9 Å². The number of carbonyl (C=O) groups is 2. The molecule has 3 aromatic carbocycles. The number of alkyl carbamates (subject to hydrolysis) is 1. The molecule has 0 spiro atoms. The Morgan fingerprint density at radius 1 is 1.00 bits per heavy atom. The van der Waals surface area contributed by atoms with Gasteiger partial charge in [-0.15, -0.1) is 0 Å². The van der Waals surface area contributed by atoms with Gasteiger partial charge in [0.2, 0.25) is 0 Å². The first-order valence-corrected chi connectivity index (χ1v) is 12.2. The molecule has 1 amide bonds. The molecule has 3 aromatic rings. The van der Waals surface area contributed by atoms with Gasteiger partial charge in [-0.3, -0.25) is 9.63 Å². The summed E-state index contributed by atoms with van der Waals surface area (Å²) in [6.07, 6.45) is 0.149. The maximum Gasteiger partial charge on any atom is 0.408 e. The lowest BCUT2D eigenvalue weighted by atomic mass is 9.93. The van der Waals surface area contributed by atoms with E-state index in [1.165, 1.54) is 0 Å². The molecule has 1 heterocycles. The van der Waals surface area contributed by atoms with Crippen molar-refractivity contribution in [2.24, 2.45) is 0 Å². The first-order valence-electron chi connectivity index (χ1n) is 12.2. The van der Waals surface area contributed by atoms with E-state index in [0.717, 1.165) is 27.8 Å². The monoisotopic (exact) mass is 486 g/mol. The van der Waals surface area contributed by atoms with Gasteiger partial charge in [-0.05, 0) is 54.5 Å². The summed E-state index contributed by atoms with van der Waals surface area (Å²) in [5.41, 5.74) is 7.02. The quantitative estimate of drug-likeness (QED) is 0.420. The number of carboxylic acid groups (broad SMARTS) is 1. The minimum atomic E-state index is -0.749. The van der Waals surface area contributed by atoms with Gasteiger partial charge in [0, 0.05) is 0 Å². The Morgan fingerprint density at radius 2 is 1.61 bits per heavy atom. The second-order valence-electron chi connectivity index (χ2n) is 9.66. The molecule has 7 nitrogen and oxygen atoms in total. The third-order valence-corrected chi connectivity index (χ3v) is 7.25. The highest BCUT2D eigenvalue weighted by Gasteiger charge is 2.51. The number of hydrogen-bond donors (Lipinski definition) is 3. The normalized spacial score (nSPS) is 23.0. The predicted molar refractivity (Wildman–Crippen MR) is 135 cm³/mol. The fourth-order valence-electron chi connectivity index (χ4n) is 4.79. The van der Waals surface area contributed by atoms with Gasteiger partial charge >= 0.3 is 12.1 Å². The third-order valence-electron chi connectivity index (χ3n) is 7.25. The molecule has 4 atom stereocenters. The van der Waals surface area contributed by atoms with Crippen LogP contribution < -0.4 is 10.8 Å². The van der Waals surface area contributed by atoms with Crippen molar-refractivity contribution in [3.05, 3.63) is 95.6 Å². The van der Waals surface area contributed by atoms with E-state index >= 15 is 0 Å². The van der Waals surface area contributed by atoms with Gasteiger partial charge in [-0.1, -0.05) is 78.9 Å². The Morgan fingerprint density at radius 3 is 2.19 bits per heavy atom. The van der Waals surface area contributed by atoms with Crippen molar-refractivity contribution in [3.8, 4) is 11.1 Å². The number of nitrogens with one attached hydrogen (secondary N) is 2. The zero-order valence-electron chi connectivity index (χ0n) is 20.3. The second-order valence-corrected chi connectivity index (χ2v) is 9.66. The van der Waals surface area contributed by atoms with E-state index in [1.807, 2.05) is 92.7 Å². The Balaban J connectivity index is 1.25. The molecule has 2 fully saturated rings. The lowest BCUT2D eigenvalue weighted by molar-refractivity contribution is -0.140. The molecule has 1 aliphatic heterocycles. The van der Waals surface area contributed by atoms with Gasteiger partial charge in [0.15, 0.2) is 0 Å². The molecule has 3 N–H and O–H groups in total. The number of carboxylic acids is 1. The number of ether oxygens (including phenoxy) is 1. The van der Waals surface area contributed by atoms with Crippen LogP contribution in [-0.4, -0.2) is 29.3 Å². The van der Waals surface area contributed by atoms with Crippen LogP contribution in [0.1, 0.15) is 55.6 Å². The molecule has 1 saturated heterocycles. The van der Waals surface area contributed by atoms with E-state index in [9.17, 15) is 14.7 Å². The van der Waals surface area contributed by atoms with Crippen LogP contribution in [0.2, 0.25) is 0 Å². The van der Waals surface area contributed by atoms with Crippen molar-refractivity contribution in [1.82, 2.24) is 10.8 Å². The van der Waals surface area contributed by atoms with Crippen LogP contribution in [0, 0.1) is 0 Å². The number of rotatable bonds is 7. The predicted octanol–water partition coefficient (Wildman–Crippen LogP) is 5.29. The molecule has 7 heteroatoms. The maximum atomic E-state index is 12.6. The fourth-order valence-corrected chi connectivity index (χ4v) is 4.79. The summed E-state index contributed by atoms with van der Waals surface area (Å²) in [6, 6.07) is 24.9. The Labute approximate surface area is 210 Å². The molecular weight excluding hydrogens is 456 g/mol. The van der Waals surface area contributed by atoms with E-state index in [4.69, 9.17) is 9.57 Å². The number of amides is 1. The zero-order chi connectivity index (χ0) is 25.3. The molecule has 2 aliphatic rings. The maximum absolute atomic E-state index is 12.6. The minimum Gasteiger partial charge on any atom is -0.481 e. The van der Waals surface area contributed by atoms with Crippen molar-refractivity contribution in [1.29, 1.82) is 0 Å². The number of aliphatic carboxylic acids is 1. The Kier molecular flexibility index (Phi) is 6.51. The summed E-state index contributed by atoms with van der Waals surface area (Å²) in [4.78, 5) is 30.0. The summed E-state index contributed by atoms with van der Waals surface area (Å²) in [5.74, 6) is -0.749. The van der Waals surface area contributed by atoms with Gasteiger partial charge in [-0.25, -0.2) is 4.79 Å². The summed E-state index contributed by atoms with van der Waals surface area (Å²) in [5, 5.41) is 12.5. The molecule has 1 saturated carbocycles. The van der Waals surface area contributed by atoms with Crippen LogP contribution in [0.3, 0.4) is 0 Å². The number of hydroxylamine groups is 1. The average Bonchev–Trinajstić information content (AvgIpc) is 3.64. The average molecular weight is 487 g/mol. The molecule has 1 aliphatic carbocycles.